The Kier molecular flexibility index (Phi) is 4.77. The minimum absolute atomic E-state index is 0.139. The van der Waals surface area contributed by atoms with Crippen LogP contribution < -0.4 is 5.32 Å². The van der Waals surface area contributed by atoms with Crippen molar-refractivity contribution >= 4 is 5.97 Å². The summed E-state index contributed by atoms with van der Waals surface area (Å²) < 4.78 is 0. The van der Waals surface area contributed by atoms with E-state index >= 15 is 0 Å². The van der Waals surface area contributed by atoms with Gasteiger partial charge in [0.15, 0.2) is 0 Å². The molecule has 120 valence electrons. The van der Waals surface area contributed by atoms with Crippen LogP contribution in [0.2, 0.25) is 0 Å². The van der Waals surface area contributed by atoms with E-state index in [0.29, 0.717) is 12.1 Å². The first kappa shape index (κ1) is 15.8. The van der Waals surface area contributed by atoms with Gasteiger partial charge in [0.05, 0.1) is 5.56 Å². The number of carboxylic acid groups (broad SMARTS) is 1. The number of carboxylic acids is 1. The van der Waals surface area contributed by atoms with E-state index in [1.165, 1.54) is 31.2 Å². The SMILES string of the molecule is O=C(O)c1cccc(CNC2(Cc3ccccc3)CCCC2)c1. The van der Waals surface area contributed by atoms with Gasteiger partial charge in [-0.25, -0.2) is 4.79 Å². The highest BCUT2D eigenvalue weighted by atomic mass is 16.4. The predicted molar refractivity (Wildman–Crippen MR) is 91.6 cm³/mol. The van der Waals surface area contributed by atoms with Gasteiger partial charge in [0, 0.05) is 12.1 Å². The maximum absolute atomic E-state index is 11.1. The van der Waals surface area contributed by atoms with Crippen molar-refractivity contribution in [1.82, 2.24) is 5.32 Å². The molecule has 0 aromatic heterocycles. The van der Waals surface area contributed by atoms with Crippen LogP contribution in [0.5, 0.6) is 0 Å². The number of carbonyl (C=O) groups is 1. The lowest BCUT2D eigenvalue weighted by molar-refractivity contribution is 0.0696. The van der Waals surface area contributed by atoms with Gasteiger partial charge < -0.3 is 10.4 Å². The van der Waals surface area contributed by atoms with Gasteiger partial charge in [-0.3, -0.25) is 0 Å². The molecule has 0 bridgehead atoms. The number of hydrogen-bond acceptors (Lipinski definition) is 2. The Bertz CT molecular complexity index is 660. The van der Waals surface area contributed by atoms with Gasteiger partial charge in [-0.1, -0.05) is 55.3 Å². The highest BCUT2D eigenvalue weighted by molar-refractivity contribution is 5.87. The molecule has 23 heavy (non-hydrogen) atoms. The molecular weight excluding hydrogens is 286 g/mol. The van der Waals surface area contributed by atoms with Crippen LogP contribution in [-0.2, 0) is 13.0 Å². The molecule has 0 radical (unpaired) electrons. The van der Waals surface area contributed by atoms with Crippen molar-refractivity contribution in [3.05, 3.63) is 71.3 Å². The van der Waals surface area contributed by atoms with Gasteiger partial charge in [0.25, 0.3) is 0 Å². The minimum atomic E-state index is -0.869. The van der Waals surface area contributed by atoms with Crippen molar-refractivity contribution in [2.24, 2.45) is 0 Å². The zero-order valence-corrected chi connectivity index (χ0v) is 13.3. The van der Waals surface area contributed by atoms with Crippen LogP contribution in [0.1, 0.15) is 47.2 Å². The number of rotatable bonds is 6. The Hall–Kier alpha value is -2.13. The fourth-order valence-electron chi connectivity index (χ4n) is 3.56. The molecule has 1 aliphatic carbocycles. The second kappa shape index (κ2) is 6.97. The summed E-state index contributed by atoms with van der Waals surface area (Å²) in [4.78, 5) is 11.1. The highest BCUT2D eigenvalue weighted by Crippen LogP contribution is 2.33. The van der Waals surface area contributed by atoms with Gasteiger partial charge in [-0.05, 0) is 42.5 Å². The predicted octanol–water partition coefficient (Wildman–Crippen LogP) is 4.03. The fraction of sp³-hybridized carbons (Fsp3) is 0.350. The zero-order chi connectivity index (χ0) is 16.1. The topological polar surface area (TPSA) is 49.3 Å². The molecule has 0 aliphatic heterocycles. The zero-order valence-electron chi connectivity index (χ0n) is 13.3. The lowest BCUT2D eigenvalue weighted by Crippen LogP contribution is -2.44. The maximum atomic E-state index is 11.1. The van der Waals surface area contributed by atoms with Crippen LogP contribution in [0.4, 0.5) is 0 Å². The number of nitrogens with one attached hydrogen (secondary N) is 1. The van der Waals surface area contributed by atoms with E-state index in [4.69, 9.17) is 5.11 Å². The molecular formula is C20H23NO2. The Balaban J connectivity index is 1.70. The molecule has 2 aromatic carbocycles. The van der Waals surface area contributed by atoms with Gasteiger partial charge in [-0.15, -0.1) is 0 Å². The van der Waals surface area contributed by atoms with Crippen molar-refractivity contribution in [1.29, 1.82) is 0 Å². The summed E-state index contributed by atoms with van der Waals surface area (Å²) in [6.07, 6.45) is 5.91. The molecule has 1 fully saturated rings. The molecule has 1 saturated carbocycles. The highest BCUT2D eigenvalue weighted by Gasteiger charge is 2.33. The molecule has 1 aliphatic rings. The third kappa shape index (κ3) is 3.99. The smallest absolute Gasteiger partial charge is 0.335 e. The molecule has 0 heterocycles. The third-order valence-electron chi connectivity index (χ3n) is 4.79. The summed E-state index contributed by atoms with van der Waals surface area (Å²) in [5.74, 6) is -0.869. The molecule has 2 N–H and O–H groups in total. The standard InChI is InChI=1S/C20H23NO2/c22-19(23)18-10-6-9-17(13-18)15-21-20(11-4-5-12-20)14-16-7-2-1-3-8-16/h1-3,6-10,13,21H,4-5,11-12,14-15H2,(H,22,23). The molecule has 0 atom stereocenters. The molecule has 2 aromatic rings. The van der Waals surface area contributed by atoms with Gasteiger partial charge in [0.1, 0.15) is 0 Å². The monoisotopic (exact) mass is 309 g/mol. The van der Waals surface area contributed by atoms with E-state index in [1.54, 1.807) is 12.1 Å². The van der Waals surface area contributed by atoms with Gasteiger partial charge >= 0.3 is 5.97 Å². The van der Waals surface area contributed by atoms with Crippen molar-refractivity contribution in [2.45, 2.75) is 44.2 Å². The van der Waals surface area contributed by atoms with Crippen LogP contribution in [0.15, 0.2) is 54.6 Å². The second-order valence-electron chi connectivity index (χ2n) is 6.51. The van der Waals surface area contributed by atoms with Crippen molar-refractivity contribution < 1.29 is 9.90 Å². The number of aromatic carboxylic acids is 1. The molecule has 3 rings (SSSR count). The summed E-state index contributed by atoms with van der Waals surface area (Å²) in [6, 6.07) is 17.8. The van der Waals surface area contributed by atoms with Crippen molar-refractivity contribution in [3.63, 3.8) is 0 Å². The second-order valence-corrected chi connectivity index (χ2v) is 6.51. The molecule has 0 unspecified atom stereocenters. The third-order valence-corrected chi connectivity index (χ3v) is 4.79. The van der Waals surface area contributed by atoms with E-state index in [1.807, 2.05) is 12.1 Å². The van der Waals surface area contributed by atoms with E-state index in [-0.39, 0.29) is 5.54 Å². The number of benzene rings is 2. The summed E-state index contributed by atoms with van der Waals surface area (Å²) in [5.41, 5.74) is 2.89. The molecule has 0 amide bonds. The fourth-order valence-corrected chi connectivity index (χ4v) is 3.56. The Morgan fingerprint density at radius 2 is 1.70 bits per heavy atom. The van der Waals surface area contributed by atoms with Crippen molar-refractivity contribution in [2.75, 3.05) is 0 Å². The maximum Gasteiger partial charge on any atom is 0.335 e. The first-order valence-corrected chi connectivity index (χ1v) is 8.28. The molecule has 3 heteroatoms. The molecule has 0 spiro atoms. The van der Waals surface area contributed by atoms with Gasteiger partial charge in [0.2, 0.25) is 0 Å². The lowest BCUT2D eigenvalue weighted by atomic mass is 9.88. The lowest BCUT2D eigenvalue weighted by Gasteiger charge is -2.31. The average Bonchev–Trinajstić information content (AvgIpc) is 3.03. The average molecular weight is 309 g/mol. The summed E-state index contributed by atoms with van der Waals surface area (Å²) in [6.45, 7) is 0.716. The van der Waals surface area contributed by atoms with Crippen LogP contribution in [-0.4, -0.2) is 16.6 Å². The largest absolute Gasteiger partial charge is 0.478 e. The minimum Gasteiger partial charge on any atom is -0.478 e. The first-order valence-electron chi connectivity index (χ1n) is 8.28. The van der Waals surface area contributed by atoms with E-state index in [9.17, 15) is 4.79 Å². The van der Waals surface area contributed by atoms with E-state index in [2.05, 4.69) is 35.6 Å². The Morgan fingerprint density at radius 1 is 1.00 bits per heavy atom. The summed E-state index contributed by atoms with van der Waals surface area (Å²) in [5, 5.41) is 12.8. The summed E-state index contributed by atoms with van der Waals surface area (Å²) >= 11 is 0. The quantitative estimate of drug-likeness (QED) is 0.847. The van der Waals surface area contributed by atoms with Crippen LogP contribution in [0.3, 0.4) is 0 Å². The van der Waals surface area contributed by atoms with E-state index in [0.717, 1.165) is 12.0 Å². The van der Waals surface area contributed by atoms with Crippen LogP contribution in [0.25, 0.3) is 0 Å². The van der Waals surface area contributed by atoms with Crippen molar-refractivity contribution in [3.8, 4) is 0 Å². The van der Waals surface area contributed by atoms with Crippen LogP contribution in [0, 0.1) is 0 Å². The summed E-state index contributed by atoms with van der Waals surface area (Å²) in [7, 11) is 0. The molecule has 3 nitrogen and oxygen atoms in total. The first-order chi connectivity index (χ1) is 11.2. The molecule has 0 saturated heterocycles. The Labute approximate surface area is 137 Å². The van der Waals surface area contributed by atoms with E-state index < -0.39 is 5.97 Å². The number of hydrogen-bond donors (Lipinski definition) is 2. The Morgan fingerprint density at radius 3 is 2.39 bits per heavy atom. The van der Waals surface area contributed by atoms with Gasteiger partial charge in [-0.2, -0.15) is 0 Å². The normalized spacial score (nSPS) is 16.3. The van der Waals surface area contributed by atoms with Crippen LogP contribution >= 0.6 is 0 Å².